The number of ether oxygens (including phenoxy) is 2. The Morgan fingerprint density at radius 1 is 1.00 bits per heavy atom. The predicted octanol–water partition coefficient (Wildman–Crippen LogP) is 1.60. The number of hydrogen-bond acceptors (Lipinski definition) is 8. The molecular formula is C20H34N2O8S. The molecule has 11 heteroatoms. The van der Waals surface area contributed by atoms with Crippen LogP contribution in [-0.4, -0.2) is 63.8 Å². The fourth-order valence-electron chi connectivity index (χ4n) is 1.50. The molecule has 0 unspecified atom stereocenters. The maximum Gasteiger partial charge on any atom is 0.321 e. The van der Waals surface area contributed by atoms with Gasteiger partial charge < -0.3 is 36.3 Å². The van der Waals surface area contributed by atoms with E-state index in [4.69, 9.17) is 36.3 Å². The molecule has 1 rings (SSSR count). The Morgan fingerprint density at radius 2 is 1.48 bits per heavy atom. The first-order valence-electron chi connectivity index (χ1n) is 9.29. The van der Waals surface area contributed by atoms with Crippen molar-refractivity contribution in [3.63, 3.8) is 0 Å². The van der Waals surface area contributed by atoms with Crippen molar-refractivity contribution in [1.29, 1.82) is 0 Å². The summed E-state index contributed by atoms with van der Waals surface area (Å²) in [6, 6.07) is 6.05. The Hall–Kier alpha value is -2.34. The molecule has 10 nitrogen and oxygen atoms in total. The topological polar surface area (TPSA) is 182 Å². The molecule has 1 aromatic rings. The highest BCUT2D eigenvalue weighted by Crippen LogP contribution is 2.15. The quantitative estimate of drug-likeness (QED) is 0.295. The van der Waals surface area contributed by atoms with Crippen LogP contribution in [0.3, 0.4) is 0 Å². The van der Waals surface area contributed by atoms with E-state index in [9.17, 15) is 14.4 Å². The number of rotatable bonds is 9. The Kier molecular flexibility index (Phi) is 16.3. The maximum atomic E-state index is 9.99. The lowest BCUT2D eigenvalue weighted by Gasteiger charge is -2.19. The lowest BCUT2D eigenvalue weighted by molar-refractivity contribution is -0.140. The van der Waals surface area contributed by atoms with Crippen LogP contribution in [0.5, 0.6) is 5.75 Å². The number of thiol groups is 1. The van der Waals surface area contributed by atoms with Crippen molar-refractivity contribution in [1.82, 2.24) is 0 Å². The highest BCUT2D eigenvalue weighted by Gasteiger charge is 2.12. The molecule has 0 aromatic heterocycles. The van der Waals surface area contributed by atoms with Gasteiger partial charge in [-0.1, -0.05) is 12.1 Å². The lowest BCUT2D eigenvalue weighted by atomic mass is 10.2. The summed E-state index contributed by atoms with van der Waals surface area (Å²) in [6.07, 6.45) is -0.224. The van der Waals surface area contributed by atoms with Crippen molar-refractivity contribution in [2.75, 3.05) is 12.9 Å². The first kappa shape index (κ1) is 30.9. The van der Waals surface area contributed by atoms with Crippen molar-refractivity contribution in [2.45, 2.75) is 57.9 Å². The first-order chi connectivity index (χ1) is 14.2. The standard InChI is InChI=1S/C12H18O2.C5H9NO4.C3H7NO2S/c1-12(2,3)14-9-10-5-7-11(13-4)8-6-10;6-3(5(9)10)1-2-4(7)8;4-2(1-7)3(5)6/h5-8H,9H2,1-4H3;3H,1-2,6H2,(H,7,8)(H,9,10);2,7H,1,4H2,(H,5,6)/t;3-;2-/m.00/s1. The normalized spacial score (nSPS) is 12.2. The Balaban J connectivity index is 0. The average molecular weight is 463 g/mol. The third-order valence-corrected chi connectivity index (χ3v) is 3.72. The summed E-state index contributed by atoms with van der Waals surface area (Å²) in [5.74, 6) is -2.13. The molecule has 178 valence electrons. The highest BCUT2D eigenvalue weighted by molar-refractivity contribution is 7.80. The van der Waals surface area contributed by atoms with E-state index in [1.165, 1.54) is 5.56 Å². The van der Waals surface area contributed by atoms with Gasteiger partial charge in [0.2, 0.25) is 0 Å². The van der Waals surface area contributed by atoms with Gasteiger partial charge in [0, 0.05) is 12.2 Å². The maximum absolute atomic E-state index is 9.99. The van der Waals surface area contributed by atoms with Crippen molar-refractivity contribution < 1.29 is 39.2 Å². The molecule has 0 fully saturated rings. The molecule has 0 saturated heterocycles. The Bertz CT molecular complexity index is 662. The van der Waals surface area contributed by atoms with Crippen LogP contribution in [0, 0.1) is 0 Å². The molecule has 0 aliphatic carbocycles. The molecule has 2 atom stereocenters. The largest absolute Gasteiger partial charge is 0.497 e. The van der Waals surface area contributed by atoms with Crippen LogP contribution < -0.4 is 16.2 Å². The van der Waals surface area contributed by atoms with Gasteiger partial charge in [-0.2, -0.15) is 12.6 Å². The fourth-order valence-corrected chi connectivity index (χ4v) is 1.66. The smallest absolute Gasteiger partial charge is 0.321 e. The number of hydrogen-bond donors (Lipinski definition) is 6. The lowest BCUT2D eigenvalue weighted by Crippen LogP contribution is -2.31. The number of methoxy groups -OCH3 is 1. The van der Waals surface area contributed by atoms with Gasteiger partial charge in [0.25, 0.3) is 0 Å². The second-order valence-electron chi connectivity index (χ2n) is 7.25. The van der Waals surface area contributed by atoms with E-state index in [2.05, 4.69) is 33.4 Å². The minimum absolute atomic E-state index is 0.0231. The predicted molar refractivity (Wildman–Crippen MR) is 119 cm³/mol. The zero-order chi connectivity index (χ0) is 24.6. The molecule has 0 heterocycles. The third kappa shape index (κ3) is 19.4. The fraction of sp³-hybridized carbons (Fsp3) is 0.550. The van der Waals surface area contributed by atoms with Crippen LogP contribution in [0.15, 0.2) is 24.3 Å². The molecule has 0 bridgehead atoms. The van der Waals surface area contributed by atoms with Crippen LogP contribution in [0.2, 0.25) is 0 Å². The second-order valence-corrected chi connectivity index (χ2v) is 7.62. The summed E-state index contributed by atoms with van der Waals surface area (Å²) in [6.45, 7) is 6.80. The highest BCUT2D eigenvalue weighted by atomic mass is 32.1. The summed E-state index contributed by atoms with van der Waals surface area (Å²) >= 11 is 3.65. The van der Waals surface area contributed by atoms with Gasteiger partial charge in [0.05, 0.1) is 19.3 Å². The van der Waals surface area contributed by atoms with E-state index in [0.29, 0.717) is 6.61 Å². The summed E-state index contributed by atoms with van der Waals surface area (Å²) in [5, 5.41) is 24.3. The van der Waals surface area contributed by atoms with E-state index < -0.39 is 30.0 Å². The molecular weight excluding hydrogens is 428 g/mol. The average Bonchev–Trinajstić information content (AvgIpc) is 2.70. The SMILES string of the molecule is COc1ccc(COC(C)(C)C)cc1.N[C@@H](CCC(=O)O)C(=O)O.N[C@@H](CS)C(=O)O. The number of carboxylic acid groups (broad SMARTS) is 3. The molecule has 7 N–H and O–H groups in total. The van der Waals surface area contributed by atoms with Gasteiger partial charge in [-0.05, 0) is 44.9 Å². The molecule has 0 amide bonds. The summed E-state index contributed by atoms with van der Waals surface area (Å²) < 4.78 is 10.7. The molecule has 0 saturated carbocycles. The molecule has 0 spiro atoms. The third-order valence-electron chi connectivity index (χ3n) is 3.33. The van der Waals surface area contributed by atoms with E-state index >= 15 is 0 Å². The summed E-state index contributed by atoms with van der Waals surface area (Å²) in [7, 11) is 1.67. The molecule has 0 aliphatic heterocycles. The molecule has 0 aliphatic rings. The summed E-state index contributed by atoms with van der Waals surface area (Å²) in [5.41, 5.74) is 11.0. The van der Waals surface area contributed by atoms with E-state index in [1.807, 2.05) is 24.3 Å². The van der Waals surface area contributed by atoms with Crippen LogP contribution in [0.25, 0.3) is 0 Å². The second kappa shape index (κ2) is 16.4. The van der Waals surface area contributed by atoms with Gasteiger partial charge in [0.1, 0.15) is 17.8 Å². The van der Waals surface area contributed by atoms with Gasteiger partial charge in [0.15, 0.2) is 0 Å². The number of carbonyl (C=O) groups is 3. The van der Waals surface area contributed by atoms with Gasteiger partial charge in [-0.3, -0.25) is 14.4 Å². The van der Waals surface area contributed by atoms with E-state index in [0.717, 1.165) is 5.75 Å². The van der Waals surface area contributed by atoms with Gasteiger partial charge in [-0.15, -0.1) is 0 Å². The van der Waals surface area contributed by atoms with Crippen molar-refractivity contribution >= 4 is 30.5 Å². The minimum atomic E-state index is -1.17. The van der Waals surface area contributed by atoms with Crippen molar-refractivity contribution in [3.05, 3.63) is 29.8 Å². The zero-order valence-corrected chi connectivity index (χ0v) is 19.2. The van der Waals surface area contributed by atoms with Crippen LogP contribution in [0.1, 0.15) is 39.2 Å². The van der Waals surface area contributed by atoms with Crippen LogP contribution >= 0.6 is 12.6 Å². The van der Waals surface area contributed by atoms with Gasteiger partial charge >= 0.3 is 17.9 Å². The Labute approximate surface area is 187 Å². The van der Waals surface area contributed by atoms with E-state index in [-0.39, 0.29) is 24.2 Å². The number of aliphatic carboxylic acids is 3. The first-order valence-corrected chi connectivity index (χ1v) is 9.93. The Morgan fingerprint density at radius 3 is 1.77 bits per heavy atom. The zero-order valence-electron chi connectivity index (χ0n) is 18.3. The number of nitrogens with two attached hydrogens (primary N) is 2. The van der Waals surface area contributed by atoms with Crippen molar-refractivity contribution in [3.8, 4) is 5.75 Å². The summed E-state index contributed by atoms with van der Waals surface area (Å²) in [4.78, 5) is 29.6. The monoisotopic (exact) mass is 462 g/mol. The molecule has 0 radical (unpaired) electrons. The minimum Gasteiger partial charge on any atom is -0.497 e. The van der Waals surface area contributed by atoms with Crippen LogP contribution in [-0.2, 0) is 25.7 Å². The van der Waals surface area contributed by atoms with E-state index in [1.54, 1.807) is 7.11 Å². The molecule has 1 aromatic carbocycles. The van der Waals surface area contributed by atoms with Gasteiger partial charge in [-0.25, -0.2) is 0 Å². The van der Waals surface area contributed by atoms with Crippen LogP contribution in [0.4, 0.5) is 0 Å². The number of carboxylic acids is 3. The molecule has 31 heavy (non-hydrogen) atoms. The number of benzene rings is 1. The van der Waals surface area contributed by atoms with Crippen molar-refractivity contribution in [2.24, 2.45) is 11.5 Å².